The van der Waals surface area contributed by atoms with Crippen LogP contribution in [-0.4, -0.2) is 57.8 Å². The molecule has 2 amide bonds. The van der Waals surface area contributed by atoms with Crippen LogP contribution in [0.2, 0.25) is 0 Å². The summed E-state index contributed by atoms with van der Waals surface area (Å²) in [6, 6.07) is 18.2. The van der Waals surface area contributed by atoms with E-state index in [0.717, 1.165) is 44.8 Å². The van der Waals surface area contributed by atoms with Crippen LogP contribution >= 0.6 is 0 Å². The number of benzene rings is 2. The lowest BCUT2D eigenvalue weighted by atomic mass is 9.82. The fourth-order valence-electron chi connectivity index (χ4n) is 4.07. The zero-order chi connectivity index (χ0) is 20.7. The molecule has 1 unspecified atom stereocenters. The van der Waals surface area contributed by atoms with Gasteiger partial charge in [0.15, 0.2) is 0 Å². The van der Waals surface area contributed by atoms with Crippen molar-refractivity contribution in [3.8, 4) is 0 Å². The van der Waals surface area contributed by atoms with Gasteiger partial charge in [-0.2, -0.15) is 0 Å². The van der Waals surface area contributed by atoms with Crippen molar-refractivity contribution in [2.75, 3.05) is 51.7 Å². The number of anilines is 1. The first-order valence-corrected chi connectivity index (χ1v) is 10.3. The summed E-state index contributed by atoms with van der Waals surface area (Å²) in [7, 11) is 4.17. The highest BCUT2D eigenvalue weighted by Crippen LogP contribution is 2.43. The van der Waals surface area contributed by atoms with E-state index in [2.05, 4.69) is 60.0 Å². The van der Waals surface area contributed by atoms with E-state index < -0.39 is 0 Å². The fraction of sp³-hybridized carbons (Fsp3) is 0.435. The molecule has 29 heavy (non-hydrogen) atoms. The van der Waals surface area contributed by atoms with Gasteiger partial charge in [-0.1, -0.05) is 48.5 Å². The Hall–Kier alpha value is -2.41. The third-order valence-corrected chi connectivity index (χ3v) is 5.64. The number of para-hydroxylation sites is 1. The van der Waals surface area contributed by atoms with Crippen molar-refractivity contribution >= 4 is 11.7 Å². The van der Waals surface area contributed by atoms with Gasteiger partial charge >= 0.3 is 6.03 Å². The topological polar surface area (TPSA) is 73.6 Å². The molecule has 2 aromatic rings. The number of carbonyl (C=O) groups is 1. The van der Waals surface area contributed by atoms with Gasteiger partial charge in [0.25, 0.3) is 0 Å². The molecule has 1 spiro atoms. The van der Waals surface area contributed by atoms with Gasteiger partial charge in [0.2, 0.25) is 0 Å². The minimum absolute atomic E-state index is 0.0889. The number of fused-ring (bicyclic) bond motifs is 2. The first-order chi connectivity index (χ1) is 14.0. The number of urea groups is 1. The highest BCUT2D eigenvalue weighted by Gasteiger charge is 2.45. The molecule has 0 bridgehead atoms. The van der Waals surface area contributed by atoms with Crippen molar-refractivity contribution in [2.24, 2.45) is 5.73 Å². The summed E-state index contributed by atoms with van der Waals surface area (Å²) in [5.74, 6) is 0. The second-order valence-corrected chi connectivity index (χ2v) is 8.11. The number of hydrogen-bond acceptors (Lipinski definition) is 4. The summed E-state index contributed by atoms with van der Waals surface area (Å²) in [5, 5.41) is 6.77. The van der Waals surface area contributed by atoms with Gasteiger partial charge < -0.3 is 21.3 Å². The maximum absolute atomic E-state index is 11.4. The average Bonchev–Trinajstić information content (AvgIpc) is 3.33. The van der Waals surface area contributed by atoms with E-state index in [0.29, 0.717) is 6.54 Å². The van der Waals surface area contributed by atoms with E-state index in [-0.39, 0.29) is 11.4 Å². The van der Waals surface area contributed by atoms with Crippen LogP contribution in [0.4, 0.5) is 10.5 Å². The minimum atomic E-state index is -0.351. The summed E-state index contributed by atoms with van der Waals surface area (Å²) in [4.78, 5) is 15.3. The van der Waals surface area contributed by atoms with Crippen molar-refractivity contribution in [3.63, 3.8) is 0 Å². The van der Waals surface area contributed by atoms with Crippen LogP contribution < -0.4 is 21.3 Å². The number of hydrogen-bond donors (Lipinski definition) is 3. The molecule has 2 aliphatic rings. The second kappa shape index (κ2) is 9.87. The van der Waals surface area contributed by atoms with Gasteiger partial charge in [-0.3, -0.25) is 4.90 Å². The predicted molar refractivity (Wildman–Crippen MR) is 119 cm³/mol. The molecule has 4 rings (SSSR count). The van der Waals surface area contributed by atoms with Gasteiger partial charge in [-0.05, 0) is 44.3 Å². The summed E-state index contributed by atoms with van der Waals surface area (Å²) in [6.45, 7) is 5.77. The molecular formula is C23H33N5O. The van der Waals surface area contributed by atoms with Crippen LogP contribution in [0.15, 0.2) is 54.6 Å². The molecule has 6 nitrogen and oxygen atoms in total. The van der Waals surface area contributed by atoms with Crippen LogP contribution in [0, 0.1) is 0 Å². The Kier molecular flexibility index (Phi) is 7.25. The van der Waals surface area contributed by atoms with Gasteiger partial charge in [-0.25, -0.2) is 4.79 Å². The van der Waals surface area contributed by atoms with Crippen LogP contribution in [0.5, 0.6) is 0 Å². The molecule has 0 aromatic heterocycles. The molecule has 6 heteroatoms. The van der Waals surface area contributed by atoms with Gasteiger partial charge in [0.05, 0.1) is 0 Å². The molecule has 0 saturated carbocycles. The Morgan fingerprint density at radius 3 is 2.55 bits per heavy atom. The highest BCUT2D eigenvalue weighted by molar-refractivity contribution is 5.94. The lowest BCUT2D eigenvalue weighted by Crippen LogP contribution is -2.40. The molecule has 4 N–H and O–H groups in total. The Morgan fingerprint density at radius 1 is 1.17 bits per heavy atom. The fourth-order valence-corrected chi connectivity index (χ4v) is 4.07. The van der Waals surface area contributed by atoms with Crippen LogP contribution in [0.25, 0.3) is 0 Å². The monoisotopic (exact) mass is 395 g/mol. The first kappa shape index (κ1) is 21.3. The highest BCUT2D eigenvalue weighted by atomic mass is 16.2. The molecule has 0 radical (unpaired) electrons. The average molecular weight is 396 g/mol. The van der Waals surface area contributed by atoms with E-state index >= 15 is 0 Å². The third kappa shape index (κ3) is 5.35. The summed E-state index contributed by atoms with van der Waals surface area (Å²) in [6.07, 6.45) is 1.08. The minimum Gasteiger partial charge on any atom is -0.351 e. The molecule has 2 aliphatic heterocycles. The number of likely N-dealkylation sites (N-methyl/N-ethyl adjacent to an activating group) is 1. The molecule has 1 fully saturated rings. The van der Waals surface area contributed by atoms with E-state index in [9.17, 15) is 4.79 Å². The van der Waals surface area contributed by atoms with E-state index in [4.69, 9.17) is 5.73 Å². The zero-order valence-corrected chi connectivity index (χ0v) is 17.5. The van der Waals surface area contributed by atoms with E-state index in [1.165, 1.54) is 11.1 Å². The number of amides is 2. The van der Waals surface area contributed by atoms with Crippen molar-refractivity contribution < 1.29 is 4.79 Å². The summed E-state index contributed by atoms with van der Waals surface area (Å²) in [5.41, 5.74) is 9.12. The summed E-state index contributed by atoms with van der Waals surface area (Å²) < 4.78 is 0. The quantitative estimate of drug-likeness (QED) is 0.679. The van der Waals surface area contributed by atoms with Crippen LogP contribution in [-0.2, 0) is 12.0 Å². The Morgan fingerprint density at radius 2 is 1.90 bits per heavy atom. The Bertz CT molecular complexity index is 787. The van der Waals surface area contributed by atoms with Gasteiger partial charge in [0.1, 0.15) is 0 Å². The lowest BCUT2D eigenvalue weighted by molar-refractivity contribution is 0.253. The van der Waals surface area contributed by atoms with Crippen molar-refractivity contribution in [3.05, 3.63) is 65.7 Å². The molecule has 1 atom stereocenters. The smallest absolute Gasteiger partial charge is 0.319 e. The van der Waals surface area contributed by atoms with Crippen LogP contribution in [0.1, 0.15) is 17.5 Å². The third-order valence-electron chi connectivity index (χ3n) is 5.64. The second-order valence-electron chi connectivity index (χ2n) is 8.11. The Balaban J connectivity index is 0.000000170. The number of rotatable bonds is 5. The normalized spacial score (nSPS) is 19.9. The van der Waals surface area contributed by atoms with Crippen LogP contribution in [0.3, 0.4) is 0 Å². The standard InChI is InChI=1S/C12H15N3O.C11H18N2/c13-11(16)15-8-12(5-6-14-7-12)9-3-1-2-4-10(9)15;1-13(2)9-8-12-10-11-6-4-3-5-7-11/h1-4,14H,5-8H2,(H2,13,16);3-7,12H,8-10H2,1-2H3. The number of nitrogens with two attached hydrogens (primary N) is 1. The molecular weight excluding hydrogens is 362 g/mol. The van der Waals surface area contributed by atoms with E-state index in [1.54, 1.807) is 4.90 Å². The van der Waals surface area contributed by atoms with Crippen molar-refractivity contribution in [1.82, 2.24) is 15.5 Å². The SMILES string of the molecule is CN(C)CCNCc1ccccc1.NC(=O)N1CC2(CCNC2)c2ccccc21. The Labute approximate surface area is 174 Å². The maximum atomic E-state index is 11.4. The molecule has 156 valence electrons. The first-order valence-electron chi connectivity index (χ1n) is 10.3. The van der Waals surface area contributed by atoms with Gasteiger partial charge in [-0.15, -0.1) is 0 Å². The van der Waals surface area contributed by atoms with E-state index in [1.807, 2.05) is 24.3 Å². The number of carbonyl (C=O) groups excluding carboxylic acids is 1. The molecule has 2 heterocycles. The summed E-state index contributed by atoms with van der Waals surface area (Å²) >= 11 is 0. The molecule has 0 aliphatic carbocycles. The molecule has 2 aromatic carbocycles. The number of nitrogens with one attached hydrogen (secondary N) is 2. The maximum Gasteiger partial charge on any atom is 0.319 e. The zero-order valence-electron chi connectivity index (χ0n) is 17.5. The van der Waals surface area contributed by atoms with Crippen molar-refractivity contribution in [1.29, 1.82) is 0 Å². The lowest BCUT2D eigenvalue weighted by Gasteiger charge is -2.23. The molecule has 1 saturated heterocycles. The van der Waals surface area contributed by atoms with Crippen molar-refractivity contribution in [2.45, 2.75) is 18.4 Å². The number of primary amides is 1. The van der Waals surface area contributed by atoms with Gasteiger partial charge in [0, 0.05) is 43.8 Å². The predicted octanol–water partition coefficient (Wildman–Crippen LogP) is 2.15. The largest absolute Gasteiger partial charge is 0.351 e. The number of nitrogens with zero attached hydrogens (tertiary/aromatic N) is 2.